The molecule has 2 aromatic rings. The number of amides is 3. The van der Waals surface area contributed by atoms with Gasteiger partial charge in [-0.2, -0.15) is 0 Å². The van der Waals surface area contributed by atoms with Crippen molar-refractivity contribution in [3.8, 4) is 0 Å². The number of nitrogens with zero attached hydrogens (tertiary/aromatic N) is 1. The van der Waals surface area contributed by atoms with Crippen LogP contribution in [0, 0.1) is 37.5 Å². The van der Waals surface area contributed by atoms with Crippen LogP contribution in [0.4, 0.5) is 11.4 Å². The summed E-state index contributed by atoms with van der Waals surface area (Å²) in [5.74, 6) is -1.06. The van der Waals surface area contributed by atoms with Crippen LogP contribution < -0.4 is 10.2 Å². The van der Waals surface area contributed by atoms with E-state index in [9.17, 15) is 14.4 Å². The topological polar surface area (TPSA) is 66.5 Å². The Balaban J connectivity index is 1.47. The summed E-state index contributed by atoms with van der Waals surface area (Å²) >= 11 is 7.43. The van der Waals surface area contributed by atoms with Crippen LogP contribution in [-0.2, 0) is 9.59 Å². The quantitative estimate of drug-likeness (QED) is 0.443. The first-order valence-electron chi connectivity index (χ1n) is 10.4. The second kappa shape index (κ2) is 7.55. The van der Waals surface area contributed by atoms with E-state index in [0.29, 0.717) is 16.9 Å². The predicted molar refractivity (Wildman–Crippen MR) is 127 cm³/mol. The normalized spacial score (nSPS) is 31.3. The fourth-order valence-corrected chi connectivity index (χ4v) is 7.34. The number of fused-ring (bicyclic) bond motifs is 5. The van der Waals surface area contributed by atoms with Gasteiger partial charge in [-0.1, -0.05) is 50.1 Å². The summed E-state index contributed by atoms with van der Waals surface area (Å²) in [6.07, 6.45) is 0.876. The molecule has 2 aliphatic carbocycles. The number of carbonyl (C=O) groups excluding carboxylic acids is 3. The summed E-state index contributed by atoms with van der Waals surface area (Å²) in [5.41, 5.74) is 3.59. The molecule has 0 aromatic heterocycles. The van der Waals surface area contributed by atoms with Crippen LogP contribution in [-0.4, -0.2) is 27.4 Å². The number of para-hydroxylation sites is 1. The first-order chi connectivity index (χ1) is 14.8. The minimum Gasteiger partial charge on any atom is -0.322 e. The van der Waals surface area contributed by atoms with Gasteiger partial charge in [0, 0.05) is 15.3 Å². The molecule has 1 heterocycles. The van der Waals surface area contributed by atoms with E-state index < -0.39 is 0 Å². The number of halogens is 2. The van der Waals surface area contributed by atoms with Crippen LogP contribution in [0.1, 0.15) is 27.9 Å². The third-order valence-corrected chi connectivity index (χ3v) is 10.3. The summed E-state index contributed by atoms with van der Waals surface area (Å²) < 4.78 is 0. The van der Waals surface area contributed by atoms with E-state index >= 15 is 0 Å². The second-order valence-corrected chi connectivity index (χ2v) is 10.9. The number of nitrogens with one attached hydrogen (secondary N) is 1. The number of hydrogen-bond acceptors (Lipinski definition) is 3. The number of alkyl halides is 2. The molecule has 0 unspecified atom stereocenters. The van der Waals surface area contributed by atoms with Crippen molar-refractivity contribution in [2.45, 2.75) is 29.9 Å². The van der Waals surface area contributed by atoms with Crippen LogP contribution in [0.15, 0.2) is 42.5 Å². The van der Waals surface area contributed by atoms with Gasteiger partial charge in [0.15, 0.2) is 0 Å². The highest BCUT2D eigenvalue weighted by Gasteiger charge is 2.66. The first kappa shape index (κ1) is 20.9. The molecule has 31 heavy (non-hydrogen) atoms. The molecule has 5 rings (SSSR count). The van der Waals surface area contributed by atoms with E-state index in [1.807, 2.05) is 32.0 Å². The Morgan fingerprint density at radius 2 is 1.55 bits per heavy atom. The largest absolute Gasteiger partial charge is 0.322 e. The van der Waals surface area contributed by atoms with E-state index in [-0.39, 0.29) is 51.0 Å². The van der Waals surface area contributed by atoms with Gasteiger partial charge < -0.3 is 5.32 Å². The van der Waals surface area contributed by atoms with E-state index in [4.69, 9.17) is 0 Å². The minimum absolute atomic E-state index is 0.136. The molecule has 2 bridgehead atoms. The van der Waals surface area contributed by atoms with Crippen molar-refractivity contribution in [3.05, 3.63) is 59.2 Å². The Kier molecular flexibility index (Phi) is 5.09. The molecule has 160 valence electrons. The molecule has 0 radical (unpaired) electrons. The van der Waals surface area contributed by atoms with Gasteiger partial charge >= 0.3 is 0 Å². The molecule has 1 aliphatic heterocycles. The molecular formula is C24H22Br2N2O3. The molecule has 3 amide bonds. The van der Waals surface area contributed by atoms with Crippen LogP contribution in [0.25, 0.3) is 0 Å². The molecule has 2 aromatic carbocycles. The van der Waals surface area contributed by atoms with Crippen LogP contribution in [0.3, 0.4) is 0 Å². The maximum absolute atomic E-state index is 13.4. The Morgan fingerprint density at radius 1 is 0.935 bits per heavy atom. The van der Waals surface area contributed by atoms with Gasteiger partial charge in [0.1, 0.15) is 0 Å². The Labute approximate surface area is 197 Å². The average molecular weight is 546 g/mol. The van der Waals surface area contributed by atoms with E-state index in [1.54, 1.807) is 24.3 Å². The van der Waals surface area contributed by atoms with E-state index in [2.05, 4.69) is 37.2 Å². The zero-order chi connectivity index (χ0) is 22.0. The summed E-state index contributed by atoms with van der Waals surface area (Å²) in [6, 6.07) is 12.6. The van der Waals surface area contributed by atoms with Crippen molar-refractivity contribution in [1.29, 1.82) is 0 Å². The van der Waals surface area contributed by atoms with Crippen LogP contribution in [0.5, 0.6) is 0 Å². The lowest BCUT2D eigenvalue weighted by Crippen LogP contribution is -2.37. The van der Waals surface area contributed by atoms with Gasteiger partial charge in [0.2, 0.25) is 11.8 Å². The van der Waals surface area contributed by atoms with Crippen LogP contribution >= 0.6 is 31.9 Å². The highest BCUT2D eigenvalue weighted by atomic mass is 79.9. The lowest BCUT2D eigenvalue weighted by atomic mass is 9.81. The van der Waals surface area contributed by atoms with Gasteiger partial charge in [0.25, 0.3) is 5.91 Å². The number of rotatable bonds is 3. The van der Waals surface area contributed by atoms with Crippen molar-refractivity contribution < 1.29 is 14.4 Å². The maximum Gasteiger partial charge on any atom is 0.257 e. The standard InChI is InChI=1S/C24H22Br2N2O3/c1-11-7-8-13(9-12(11)2)27-22(29)14-5-3-4-6-17(14)28-23(30)18-15-10-16(19(18)24(28)31)21(26)20(15)25/h3-9,15-16,18-21H,10H2,1-2H3,(H,27,29)/t15-,16-,18-,19-,20-,21+/m1/s1. The van der Waals surface area contributed by atoms with Crippen LogP contribution in [0.2, 0.25) is 0 Å². The van der Waals surface area contributed by atoms with E-state index in [1.165, 1.54) is 4.90 Å². The smallest absolute Gasteiger partial charge is 0.257 e. The molecule has 1 saturated heterocycles. The highest BCUT2D eigenvalue weighted by molar-refractivity contribution is 9.12. The highest BCUT2D eigenvalue weighted by Crippen LogP contribution is 2.60. The van der Waals surface area contributed by atoms with Crippen molar-refractivity contribution >= 4 is 61.0 Å². The third kappa shape index (κ3) is 3.11. The van der Waals surface area contributed by atoms with Gasteiger partial charge in [-0.15, -0.1) is 0 Å². The molecule has 7 heteroatoms. The molecule has 5 nitrogen and oxygen atoms in total. The fourth-order valence-electron chi connectivity index (χ4n) is 5.46. The summed E-state index contributed by atoms with van der Waals surface area (Å²) in [6.45, 7) is 4.00. The number of imide groups is 1. The zero-order valence-corrected chi connectivity index (χ0v) is 20.3. The van der Waals surface area contributed by atoms with Crippen molar-refractivity contribution in [2.75, 3.05) is 10.2 Å². The number of hydrogen-bond donors (Lipinski definition) is 1. The fraction of sp³-hybridized carbons (Fsp3) is 0.375. The lowest BCUT2D eigenvalue weighted by Gasteiger charge is -2.28. The molecule has 1 N–H and O–H groups in total. The maximum atomic E-state index is 13.4. The molecule has 0 spiro atoms. The predicted octanol–water partition coefficient (Wildman–Crippen LogP) is 4.84. The minimum atomic E-state index is -0.337. The van der Waals surface area contributed by atoms with Crippen molar-refractivity contribution in [1.82, 2.24) is 0 Å². The Bertz CT molecular complexity index is 1090. The number of aryl methyl sites for hydroxylation is 2. The molecule has 3 fully saturated rings. The van der Waals surface area contributed by atoms with Gasteiger partial charge in [-0.3, -0.25) is 14.4 Å². The van der Waals surface area contributed by atoms with Crippen molar-refractivity contribution in [3.63, 3.8) is 0 Å². The SMILES string of the molecule is Cc1ccc(NC(=O)c2ccccc2N2C(=O)[C@@H]3[C@H]4C[C@@H]([C@@H](Br)[C@H]4Br)[C@H]3C2=O)cc1C. The Hall–Kier alpha value is -1.99. The molecular weight excluding hydrogens is 524 g/mol. The number of carbonyl (C=O) groups is 3. The molecule has 2 saturated carbocycles. The monoisotopic (exact) mass is 544 g/mol. The average Bonchev–Trinajstić information content (AvgIpc) is 3.35. The zero-order valence-electron chi connectivity index (χ0n) is 17.1. The lowest BCUT2D eigenvalue weighted by molar-refractivity contribution is -0.123. The van der Waals surface area contributed by atoms with Crippen molar-refractivity contribution in [2.24, 2.45) is 23.7 Å². The molecule has 3 aliphatic rings. The van der Waals surface area contributed by atoms with Gasteiger partial charge in [0.05, 0.1) is 23.1 Å². The number of anilines is 2. The Morgan fingerprint density at radius 3 is 2.16 bits per heavy atom. The third-order valence-electron chi connectivity index (χ3n) is 7.14. The first-order valence-corrected chi connectivity index (χ1v) is 12.3. The van der Waals surface area contributed by atoms with E-state index in [0.717, 1.165) is 17.5 Å². The number of benzene rings is 2. The second-order valence-electron chi connectivity index (χ2n) is 8.79. The molecule has 6 atom stereocenters. The summed E-state index contributed by atoms with van der Waals surface area (Å²) in [5, 5.41) is 2.91. The van der Waals surface area contributed by atoms with Gasteiger partial charge in [-0.25, -0.2) is 4.90 Å². The summed E-state index contributed by atoms with van der Waals surface area (Å²) in [7, 11) is 0. The van der Waals surface area contributed by atoms with Gasteiger partial charge in [-0.05, 0) is 67.5 Å². The summed E-state index contributed by atoms with van der Waals surface area (Å²) in [4.78, 5) is 41.5.